The number of piperidine rings is 1. The number of aromatic nitrogens is 5. The molecule has 0 radical (unpaired) electrons. The van der Waals surface area contributed by atoms with Gasteiger partial charge in [0.2, 0.25) is 0 Å². The van der Waals surface area contributed by atoms with Gasteiger partial charge in [-0.25, -0.2) is 4.68 Å². The van der Waals surface area contributed by atoms with E-state index in [0.717, 1.165) is 29.8 Å². The standard InChI is InChI=1S/C37H32ClN7O3S/c1-23-18-34(39-36(46)29-10-2-5-11-30(29)38)49-35(23)37(47)43-16-14-24(15-17-43)31-19-26(48-41-31)22-44-20-25(40-42-44)21-45-32-12-6-3-8-27(32)28-9-4-7-13-33(28)45/h2-13,18-20,24H,14-17,21-22H2,1H3,(H,39,46). The number of fused-ring (bicyclic) bond motifs is 3. The van der Waals surface area contributed by atoms with E-state index in [9.17, 15) is 9.59 Å². The molecule has 246 valence electrons. The number of carbonyl (C=O) groups excluding carboxylic acids is 2. The van der Waals surface area contributed by atoms with Crippen molar-refractivity contribution in [1.82, 2.24) is 29.6 Å². The van der Waals surface area contributed by atoms with Crippen LogP contribution in [0.1, 0.15) is 61.5 Å². The average Bonchev–Trinajstić information content (AvgIpc) is 3.92. The Morgan fingerprint density at radius 3 is 2.37 bits per heavy atom. The van der Waals surface area contributed by atoms with E-state index in [2.05, 4.69) is 73.9 Å². The summed E-state index contributed by atoms with van der Waals surface area (Å²) in [7, 11) is 0. The quantitative estimate of drug-likeness (QED) is 0.175. The molecule has 1 aliphatic rings. The van der Waals surface area contributed by atoms with Crippen LogP contribution in [0.25, 0.3) is 21.8 Å². The number of aryl methyl sites for hydroxylation is 1. The molecule has 49 heavy (non-hydrogen) atoms. The van der Waals surface area contributed by atoms with E-state index in [0.29, 0.717) is 52.4 Å². The van der Waals surface area contributed by atoms with Crippen molar-refractivity contribution >= 4 is 61.6 Å². The Kier molecular flexibility index (Phi) is 8.22. The number of anilines is 1. The molecule has 3 aromatic carbocycles. The highest BCUT2D eigenvalue weighted by Crippen LogP contribution is 2.33. The maximum absolute atomic E-state index is 13.5. The third-order valence-corrected chi connectivity index (χ3v) is 10.6. The summed E-state index contributed by atoms with van der Waals surface area (Å²) in [5.41, 5.74) is 5.31. The molecule has 8 rings (SSSR count). The molecule has 12 heteroatoms. The van der Waals surface area contributed by atoms with Gasteiger partial charge in [-0.2, -0.15) is 0 Å². The minimum atomic E-state index is -0.303. The molecule has 2 amide bonds. The van der Waals surface area contributed by atoms with Gasteiger partial charge in [0.25, 0.3) is 11.8 Å². The largest absolute Gasteiger partial charge is 0.359 e. The molecule has 4 aromatic heterocycles. The lowest BCUT2D eigenvalue weighted by atomic mass is 9.93. The molecule has 0 spiro atoms. The molecule has 0 aliphatic carbocycles. The molecular formula is C37H32ClN7O3S. The average molecular weight is 690 g/mol. The maximum Gasteiger partial charge on any atom is 0.264 e. The highest BCUT2D eigenvalue weighted by molar-refractivity contribution is 7.18. The Bertz CT molecular complexity index is 2280. The Balaban J connectivity index is 0.878. The summed E-state index contributed by atoms with van der Waals surface area (Å²) in [6, 6.07) is 27.6. The van der Waals surface area contributed by atoms with E-state index in [1.54, 1.807) is 28.9 Å². The van der Waals surface area contributed by atoms with E-state index >= 15 is 0 Å². The van der Waals surface area contributed by atoms with Crippen LogP contribution in [0.15, 0.2) is 95.6 Å². The van der Waals surface area contributed by atoms with E-state index < -0.39 is 0 Å². The number of rotatable bonds is 8. The van der Waals surface area contributed by atoms with Crippen LogP contribution in [0.3, 0.4) is 0 Å². The molecule has 0 atom stereocenters. The first-order valence-electron chi connectivity index (χ1n) is 16.2. The Labute approximate surface area is 290 Å². The van der Waals surface area contributed by atoms with Crippen molar-refractivity contribution in [2.24, 2.45) is 0 Å². The smallest absolute Gasteiger partial charge is 0.264 e. The number of thiophene rings is 1. The predicted molar refractivity (Wildman–Crippen MR) is 191 cm³/mol. The molecule has 5 heterocycles. The van der Waals surface area contributed by atoms with Crippen LogP contribution in [0, 0.1) is 6.92 Å². The third kappa shape index (κ3) is 6.11. The van der Waals surface area contributed by atoms with Crippen LogP contribution in [-0.2, 0) is 13.1 Å². The number of carbonyl (C=O) groups is 2. The topological polar surface area (TPSA) is 111 Å². The molecular weight excluding hydrogens is 658 g/mol. The van der Waals surface area contributed by atoms with Crippen molar-refractivity contribution in [3.63, 3.8) is 0 Å². The Hall–Kier alpha value is -5.26. The molecule has 10 nitrogen and oxygen atoms in total. The minimum Gasteiger partial charge on any atom is -0.359 e. The number of halogens is 1. The first-order valence-corrected chi connectivity index (χ1v) is 17.4. The van der Waals surface area contributed by atoms with E-state index in [-0.39, 0.29) is 17.7 Å². The van der Waals surface area contributed by atoms with Crippen molar-refractivity contribution in [3.05, 3.63) is 129 Å². The third-order valence-electron chi connectivity index (χ3n) is 9.15. The number of benzene rings is 3. The van der Waals surface area contributed by atoms with E-state index in [4.69, 9.17) is 16.1 Å². The van der Waals surface area contributed by atoms with Crippen molar-refractivity contribution in [2.45, 2.75) is 38.8 Å². The number of nitrogens with one attached hydrogen (secondary N) is 1. The van der Waals surface area contributed by atoms with Crippen LogP contribution >= 0.6 is 22.9 Å². The van der Waals surface area contributed by atoms with Gasteiger partial charge < -0.3 is 19.3 Å². The van der Waals surface area contributed by atoms with Crippen molar-refractivity contribution in [1.29, 1.82) is 0 Å². The normalized spacial score (nSPS) is 13.8. The zero-order valence-corrected chi connectivity index (χ0v) is 28.2. The molecule has 1 N–H and O–H groups in total. The number of para-hydroxylation sites is 2. The summed E-state index contributed by atoms with van der Waals surface area (Å²) in [4.78, 5) is 28.7. The molecule has 1 fully saturated rings. The van der Waals surface area contributed by atoms with Gasteiger partial charge in [-0.15, -0.1) is 16.4 Å². The summed E-state index contributed by atoms with van der Waals surface area (Å²) < 4.78 is 9.78. The predicted octanol–water partition coefficient (Wildman–Crippen LogP) is 7.77. The first-order chi connectivity index (χ1) is 23.9. The Morgan fingerprint density at radius 2 is 1.63 bits per heavy atom. The fourth-order valence-corrected chi connectivity index (χ4v) is 7.94. The number of likely N-dealkylation sites (tertiary alicyclic amines) is 1. The van der Waals surface area contributed by atoms with Gasteiger partial charge in [-0.05, 0) is 55.7 Å². The van der Waals surface area contributed by atoms with Crippen LogP contribution in [0.4, 0.5) is 5.00 Å². The second-order valence-corrected chi connectivity index (χ2v) is 13.8. The number of amides is 2. The number of nitrogens with zero attached hydrogens (tertiary/aromatic N) is 6. The Morgan fingerprint density at radius 1 is 0.939 bits per heavy atom. The summed E-state index contributed by atoms with van der Waals surface area (Å²) in [6.45, 7) is 4.15. The van der Waals surface area contributed by atoms with Crippen LogP contribution in [-0.4, -0.2) is 54.5 Å². The zero-order chi connectivity index (χ0) is 33.5. The van der Waals surface area contributed by atoms with Gasteiger partial charge in [-0.1, -0.05) is 70.5 Å². The lowest BCUT2D eigenvalue weighted by Crippen LogP contribution is -2.37. The van der Waals surface area contributed by atoms with Crippen LogP contribution in [0.2, 0.25) is 5.02 Å². The second kappa shape index (κ2) is 13.0. The van der Waals surface area contributed by atoms with E-state index in [1.807, 2.05) is 30.2 Å². The summed E-state index contributed by atoms with van der Waals surface area (Å²) in [5, 5.41) is 19.5. The van der Waals surface area contributed by atoms with Gasteiger partial charge in [0.15, 0.2) is 5.76 Å². The summed E-state index contributed by atoms with van der Waals surface area (Å²) >= 11 is 7.47. The highest BCUT2D eigenvalue weighted by Gasteiger charge is 2.28. The number of hydrogen-bond acceptors (Lipinski definition) is 7. The summed E-state index contributed by atoms with van der Waals surface area (Å²) in [6.07, 6.45) is 3.52. The highest BCUT2D eigenvalue weighted by atomic mass is 35.5. The minimum absolute atomic E-state index is 0.0251. The van der Waals surface area contributed by atoms with Crippen molar-refractivity contribution in [2.75, 3.05) is 18.4 Å². The van der Waals surface area contributed by atoms with Gasteiger partial charge >= 0.3 is 0 Å². The lowest BCUT2D eigenvalue weighted by Gasteiger charge is -2.31. The van der Waals surface area contributed by atoms with Crippen molar-refractivity contribution < 1.29 is 14.1 Å². The fraction of sp³-hybridized carbons (Fsp3) is 0.216. The molecule has 1 saturated heterocycles. The molecule has 0 bridgehead atoms. The maximum atomic E-state index is 13.5. The molecule has 1 aliphatic heterocycles. The van der Waals surface area contributed by atoms with Crippen LogP contribution in [0.5, 0.6) is 0 Å². The molecule has 0 saturated carbocycles. The summed E-state index contributed by atoms with van der Waals surface area (Å²) in [5.74, 6) is 0.575. The van der Waals surface area contributed by atoms with Crippen LogP contribution < -0.4 is 5.32 Å². The zero-order valence-electron chi connectivity index (χ0n) is 26.7. The second-order valence-electron chi connectivity index (χ2n) is 12.4. The monoisotopic (exact) mass is 689 g/mol. The fourth-order valence-electron chi connectivity index (χ4n) is 6.68. The van der Waals surface area contributed by atoms with E-state index in [1.165, 1.54) is 33.1 Å². The lowest BCUT2D eigenvalue weighted by molar-refractivity contribution is 0.0715. The number of hydrogen-bond donors (Lipinski definition) is 1. The molecule has 7 aromatic rings. The van der Waals surface area contributed by atoms with Crippen molar-refractivity contribution in [3.8, 4) is 0 Å². The van der Waals surface area contributed by atoms with Gasteiger partial charge in [-0.3, -0.25) is 9.59 Å². The first kappa shape index (κ1) is 31.0. The SMILES string of the molecule is Cc1cc(NC(=O)c2ccccc2Cl)sc1C(=O)N1CCC(c2cc(Cn3cc(Cn4c5ccccc5c5ccccc54)nn3)on2)CC1. The van der Waals surface area contributed by atoms with Gasteiger partial charge in [0.05, 0.1) is 38.9 Å². The van der Waals surface area contributed by atoms with Gasteiger partial charge in [0, 0.05) is 46.9 Å². The molecule has 0 unspecified atom stereocenters. The van der Waals surface area contributed by atoms with Gasteiger partial charge in [0.1, 0.15) is 12.2 Å².